The number of hydrogen-bond donors (Lipinski definition) is 0. The van der Waals surface area contributed by atoms with Crippen LogP contribution in [0.25, 0.3) is 0 Å². The molecular formula is C3H3N5. The van der Waals surface area contributed by atoms with Gasteiger partial charge in [-0.25, -0.2) is 0 Å². The highest BCUT2D eigenvalue weighted by Crippen LogP contribution is 2.06. The molecule has 0 aromatic rings. The molecule has 0 atom stereocenters. The van der Waals surface area contributed by atoms with Gasteiger partial charge < -0.3 is 0 Å². The minimum Gasteiger partial charge on any atom is -0.198 e. The van der Waals surface area contributed by atoms with Crippen LogP contribution in [0, 0.1) is 11.3 Å². The molecule has 1 rings (SSSR count). The molecule has 0 fully saturated rings. The number of nitriles is 1. The zero-order chi connectivity index (χ0) is 5.82. The molecule has 40 valence electrons. The third-order valence-electron chi connectivity index (χ3n) is 0.684. The van der Waals surface area contributed by atoms with Gasteiger partial charge in [0.2, 0.25) is 0 Å². The summed E-state index contributed by atoms with van der Waals surface area (Å²) < 4.78 is 0. The van der Waals surface area contributed by atoms with Gasteiger partial charge >= 0.3 is 0 Å². The normalized spacial score (nSPS) is 16.9. The van der Waals surface area contributed by atoms with Crippen LogP contribution in [0.2, 0.25) is 0 Å². The number of nitrogens with zero attached hydrogens (tertiary/aromatic N) is 5. The quantitative estimate of drug-likeness (QED) is 0.496. The van der Waals surface area contributed by atoms with E-state index in [1.807, 2.05) is 6.07 Å². The van der Waals surface area contributed by atoms with Crippen LogP contribution in [0.5, 0.6) is 0 Å². The minimum absolute atomic E-state index is 0.271. The van der Waals surface area contributed by atoms with Gasteiger partial charge in [0.1, 0.15) is 0 Å². The van der Waals surface area contributed by atoms with Crippen molar-refractivity contribution in [1.29, 1.82) is 5.26 Å². The average Bonchev–Trinajstić information content (AvgIpc) is 2.19. The molecule has 8 heavy (non-hydrogen) atoms. The van der Waals surface area contributed by atoms with Crippen LogP contribution >= 0.6 is 0 Å². The van der Waals surface area contributed by atoms with Crippen molar-refractivity contribution in [2.45, 2.75) is 12.6 Å². The lowest BCUT2D eigenvalue weighted by Gasteiger charge is -1.85. The molecule has 1 aliphatic rings. The van der Waals surface area contributed by atoms with Crippen molar-refractivity contribution in [3.8, 4) is 6.07 Å². The Labute approximate surface area is 45.7 Å². The van der Waals surface area contributed by atoms with E-state index in [0.717, 1.165) is 0 Å². The van der Waals surface area contributed by atoms with Crippen molar-refractivity contribution in [2.75, 3.05) is 0 Å². The maximum Gasteiger partial charge on any atom is 0.198 e. The first-order valence-electron chi connectivity index (χ1n) is 2.10. The molecule has 0 N–H and O–H groups in total. The van der Waals surface area contributed by atoms with Crippen LogP contribution in [-0.4, -0.2) is 6.17 Å². The molecule has 0 aliphatic carbocycles. The topological polar surface area (TPSA) is 73.2 Å². The summed E-state index contributed by atoms with van der Waals surface area (Å²) in [5, 5.41) is 21.5. The molecule has 0 amide bonds. The second-order valence-electron chi connectivity index (χ2n) is 1.25. The van der Waals surface area contributed by atoms with E-state index in [1.54, 1.807) is 0 Å². The summed E-state index contributed by atoms with van der Waals surface area (Å²) in [6.45, 7) is 0. The van der Waals surface area contributed by atoms with E-state index in [1.165, 1.54) is 0 Å². The fourth-order valence-electron chi connectivity index (χ4n) is 0.352. The molecule has 0 bridgehead atoms. The van der Waals surface area contributed by atoms with Crippen molar-refractivity contribution in [3.63, 3.8) is 0 Å². The molecular weight excluding hydrogens is 106 g/mol. The van der Waals surface area contributed by atoms with Crippen molar-refractivity contribution >= 4 is 0 Å². The lowest BCUT2D eigenvalue weighted by atomic mass is 10.4. The van der Waals surface area contributed by atoms with Crippen molar-refractivity contribution in [2.24, 2.45) is 20.7 Å². The summed E-state index contributed by atoms with van der Waals surface area (Å²) in [6, 6.07) is 1.90. The summed E-state index contributed by atoms with van der Waals surface area (Å²) in [5.41, 5.74) is 0. The molecule has 0 aromatic carbocycles. The summed E-state index contributed by atoms with van der Waals surface area (Å²) in [7, 11) is 0. The molecule has 1 heterocycles. The Morgan fingerprint density at radius 3 is 2.50 bits per heavy atom. The Morgan fingerprint density at radius 1 is 1.38 bits per heavy atom. The number of hydrogen-bond acceptors (Lipinski definition) is 5. The summed E-state index contributed by atoms with van der Waals surface area (Å²) in [5.74, 6) is 0. The van der Waals surface area contributed by atoms with Crippen LogP contribution in [0.4, 0.5) is 0 Å². The largest absolute Gasteiger partial charge is 0.198 e. The third kappa shape index (κ3) is 0.846. The van der Waals surface area contributed by atoms with E-state index in [9.17, 15) is 0 Å². The first-order valence-corrected chi connectivity index (χ1v) is 2.10. The summed E-state index contributed by atoms with van der Waals surface area (Å²) in [4.78, 5) is 0. The molecule has 0 aromatic heterocycles. The number of rotatable bonds is 1. The Morgan fingerprint density at radius 2 is 2.00 bits per heavy atom. The van der Waals surface area contributed by atoms with E-state index in [2.05, 4.69) is 20.7 Å². The lowest BCUT2D eigenvalue weighted by molar-refractivity contribution is 0.721. The maximum atomic E-state index is 8.07. The van der Waals surface area contributed by atoms with Crippen LogP contribution in [-0.2, 0) is 0 Å². The van der Waals surface area contributed by atoms with Crippen LogP contribution in [0.3, 0.4) is 0 Å². The standard InChI is InChI=1S/C3H3N5/c4-2-1-3-5-7-8-6-3/h3H,1H2. The third-order valence-corrected chi connectivity index (χ3v) is 0.684. The first kappa shape index (κ1) is 4.84. The Hall–Kier alpha value is -1.31. The van der Waals surface area contributed by atoms with E-state index in [0.29, 0.717) is 0 Å². The van der Waals surface area contributed by atoms with E-state index >= 15 is 0 Å². The fraction of sp³-hybridized carbons (Fsp3) is 0.667. The smallest absolute Gasteiger partial charge is 0.198 e. The zero-order valence-corrected chi connectivity index (χ0v) is 4.02. The maximum absolute atomic E-state index is 8.07. The highest BCUT2D eigenvalue weighted by atomic mass is 15.6. The summed E-state index contributed by atoms with van der Waals surface area (Å²) in [6.07, 6.45) is -0.0625. The highest BCUT2D eigenvalue weighted by molar-refractivity contribution is 4.77. The SMILES string of the molecule is N#CCC1N=NN=N1. The molecule has 5 heteroatoms. The fourth-order valence-corrected chi connectivity index (χ4v) is 0.352. The Bertz CT molecular complexity index is 151. The zero-order valence-electron chi connectivity index (χ0n) is 4.02. The van der Waals surface area contributed by atoms with E-state index < -0.39 is 0 Å². The molecule has 0 radical (unpaired) electrons. The monoisotopic (exact) mass is 109 g/mol. The highest BCUT2D eigenvalue weighted by Gasteiger charge is 2.06. The second-order valence-corrected chi connectivity index (χ2v) is 1.25. The molecule has 5 nitrogen and oxygen atoms in total. The average molecular weight is 109 g/mol. The molecule has 0 spiro atoms. The van der Waals surface area contributed by atoms with Gasteiger partial charge in [0.25, 0.3) is 0 Å². The predicted molar refractivity (Wildman–Crippen MR) is 23.7 cm³/mol. The van der Waals surface area contributed by atoms with Crippen molar-refractivity contribution in [1.82, 2.24) is 0 Å². The van der Waals surface area contributed by atoms with Crippen LogP contribution in [0.15, 0.2) is 20.7 Å². The predicted octanol–water partition coefficient (Wildman–Crippen LogP) is 1.06. The van der Waals surface area contributed by atoms with Crippen molar-refractivity contribution in [3.05, 3.63) is 0 Å². The van der Waals surface area contributed by atoms with Crippen LogP contribution < -0.4 is 0 Å². The second kappa shape index (κ2) is 2.12. The molecule has 1 aliphatic heterocycles. The van der Waals surface area contributed by atoms with Crippen LogP contribution in [0.1, 0.15) is 6.42 Å². The molecule has 0 saturated heterocycles. The van der Waals surface area contributed by atoms with Gasteiger partial charge in [0.05, 0.1) is 12.5 Å². The van der Waals surface area contributed by atoms with Gasteiger partial charge in [-0.05, 0) is 10.4 Å². The van der Waals surface area contributed by atoms with Gasteiger partial charge in [-0.1, -0.05) is 0 Å². The van der Waals surface area contributed by atoms with Crippen molar-refractivity contribution < 1.29 is 0 Å². The lowest BCUT2D eigenvalue weighted by Crippen LogP contribution is -1.91. The molecule has 0 saturated carbocycles. The molecule has 0 unspecified atom stereocenters. The van der Waals surface area contributed by atoms with E-state index in [4.69, 9.17) is 5.26 Å². The van der Waals surface area contributed by atoms with E-state index in [-0.39, 0.29) is 12.6 Å². The van der Waals surface area contributed by atoms with Gasteiger partial charge in [-0.2, -0.15) is 5.26 Å². The van der Waals surface area contributed by atoms with Gasteiger partial charge in [0.15, 0.2) is 6.17 Å². The Balaban J connectivity index is 2.41. The summed E-state index contributed by atoms with van der Waals surface area (Å²) >= 11 is 0. The first-order chi connectivity index (χ1) is 3.93. The van der Waals surface area contributed by atoms with Gasteiger partial charge in [-0.3, -0.25) is 0 Å². The Kier molecular flexibility index (Phi) is 1.28. The minimum atomic E-state index is -0.333. The van der Waals surface area contributed by atoms with Gasteiger partial charge in [0, 0.05) is 0 Å². The van der Waals surface area contributed by atoms with Gasteiger partial charge in [-0.15, -0.1) is 10.2 Å².